The monoisotopic (exact) mass is 375 g/mol. The summed E-state index contributed by atoms with van der Waals surface area (Å²) in [6.45, 7) is 3.22. The summed E-state index contributed by atoms with van der Waals surface area (Å²) >= 11 is 0. The van der Waals surface area contributed by atoms with E-state index in [0.717, 1.165) is 18.5 Å². The van der Waals surface area contributed by atoms with Crippen LogP contribution in [0.1, 0.15) is 18.0 Å². The highest BCUT2D eigenvalue weighted by atomic mass is 16.2. The molecule has 0 saturated carbocycles. The van der Waals surface area contributed by atoms with Crippen molar-refractivity contribution in [1.82, 2.24) is 25.3 Å². The van der Waals surface area contributed by atoms with Gasteiger partial charge in [0, 0.05) is 40.8 Å². The lowest BCUT2D eigenvalue weighted by molar-refractivity contribution is -0.130. The molecule has 148 valence electrons. The quantitative estimate of drug-likeness (QED) is 0.772. The number of carbonyl (C=O) groups excluding carboxylic acids is 3. The Kier molecular flexibility index (Phi) is 7.75. The van der Waals surface area contributed by atoms with Gasteiger partial charge in [0.1, 0.15) is 6.04 Å². The van der Waals surface area contributed by atoms with E-state index in [1.54, 1.807) is 19.0 Å². The zero-order valence-electron chi connectivity index (χ0n) is 16.3. The van der Waals surface area contributed by atoms with Gasteiger partial charge in [0.25, 0.3) is 0 Å². The van der Waals surface area contributed by atoms with Gasteiger partial charge in [-0.25, -0.2) is 4.79 Å². The van der Waals surface area contributed by atoms with Gasteiger partial charge < -0.3 is 10.2 Å². The maximum Gasteiger partial charge on any atom is 0.321 e. The highest BCUT2D eigenvalue weighted by Gasteiger charge is 2.30. The molecule has 4 amide bonds. The molecule has 0 radical (unpaired) electrons. The number of hydrogen-bond donors (Lipinski definition) is 2. The fraction of sp³-hybridized carbons (Fsp3) is 0.526. The molecule has 0 aliphatic carbocycles. The van der Waals surface area contributed by atoms with E-state index >= 15 is 0 Å². The van der Waals surface area contributed by atoms with E-state index in [1.165, 1.54) is 7.05 Å². The van der Waals surface area contributed by atoms with Crippen molar-refractivity contribution in [2.75, 3.05) is 53.9 Å². The zero-order valence-corrected chi connectivity index (χ0v) is 16.3. The molecule has 2 N–H and O–H groups in total. The molecule has 1 saturated heterocycles. The molecule has 1 atom stereocenters. The molecule has 27 heavy (non-hydrogen) atoms. The number of rotatable bonds is 5. The van der Waals surface area contributed by atoms with Crippen LogP contribution in [0.2, 0.25) is 0 Å². The number of imide groups is 1. The number of nitrogens with zero attached hydrogens (tertiary/aromatic N) is 3. The third-order valence-corrected chi connectivity index (χ3v) is 4.67. The second kappa shape index (κ2) is 10.0. The first-order valence-electron chi connectivity index (χ1n) is 9.16. The first-order chi connectivity index (χ1) is 12.9. The highest BCUT2D eigenvalue weighted by molar-refractivity contribution is 5.97. The SMILES string of the molecule is CNC(=O)NC(=O)C(c1ccccc1)N1CCCN(CC(=O)N(C)C)CC1. The van der Waals surface area contributed by atoms with Gasteiger partial charge in [0.05, 0.1) is 6.54 Å². The van der Waals surface area contributed by atoms with Crippen molar-refractivity contribution in [3.63, 3.8) is 0 Å². The van der Waals surface area contributed by atoms with E-state index in [1.807, 2.05) is 30.3 Å². The topological polar surface area (TPSA) is 85.0 Å². The molecule has 1 unspecified atom stereocenters. The van der Waals surface area contributed by atoms with E-state index in [9.17, 15) is 14.4 Å². The van der Waals surface area contributed by atoms with Crippen LogP contribution in [-0.2, 0) is 9.59 Å². The van der Waals surface area contributed by atoms with Gasteiger partial charge in [-0.3, -0.25) is 24.7 Å². The maximum absolute atomic E-state index is 12.8. The van der Waals surface area contributed by atoms with Crippen molar-refractivity contribution in [3.05, 3.63) is 35.9 Å². The van der Waals surface area contributed by atoms with Gasteiger partial charge in [-0.2, -0.15) is 0 Å². The smallest absolute Gasteiger partial charge is 0.321 e. The molecular weight excluding hydrogens is 346 g/mol. The summed E-state index contributed by atoms with van der Waals surface area (Å²) in [5, 5.41) is 4.82. The summed E-state index contributed by atoms with van der Waals surface area (Å²) in [6, 6.07) is 8.39. The summed E-state index contributed by atoms with van der Waals surface area (Å²) < 4.78 is 0. The van der Waals surface area contributed by atoms with Crippen LogP contribution in [0.5, 0.6) is 0 Å². The van der Waals surface area contributed by atoms with Crippen molar-refractivity contribution < 1.29 is 14.4 Å². The number of nitrogens with one attached hydrogen (secondary N) is 2. The number of benzene rings is 1. The molecule has 1 heterocycles. The van der Waals surface area contributed by atoms with Crippen LogP contribution < -0.4 is 10.6 Å². The molecule has 1 fully saturated rings. The lowest BCUT2D eigenvalue weighted by atomic mass is 10.0. The Bertz CT molecular complexity index is 650. The third kappa shape index (κ3) is 6.04. The maximum atomic E-state index is 12.8. The lowest BCUT2D eigenvalue weighted by Gasteiger charge is -2.30. The number of likely N-dealkylation sites (N-methyl/N-ethyl adjacent to an activating group) is 1. The summed E-state index contributed by atoms with van der Waals surface area (Å²) in [4.78, 5) is 42.2. The molecule has 0 bridgehead atoms. The average molecular weight is 375 g/mol. The van der Waals surface area contributed by atoms with E-state index in [-0.39, 0.29) is 11.8 Å². The molecule has 2 rings (SSSR count). The van der Waals surface area contributed by atoms with Gasteiger partial charge in [-0.1, -0.05) is 30.3 Å². The molecule has 0 spiro atoms. The van der Waals surface area contributed by atoms with Crippen LogP contribution in [0.15, 0.2) is 30.3 Å². The predicted molar refractivity (Wildman–Crippen MR) is 103 cm³/mol. The van der Waals surface area contributed by atoms with Crippen LogP contribution in [0.4, 0.5) is 4.79 Å². The summed E-state index contributed by atoms with van der Waals surface area (Å²) in [7, 11) is 4.98. The minimum atomic E-state index is -0.548. The minimum Gasteiger partial charge on any atom is -0.348 e. The van der Waals surface area contributed by atoms with Crippen molar-refractivity contribution in [2.45, 2.75) is 12.5 Å². The van der Waals surface area contributed by atoms with Gasteiger partial charge in [0.15, 0.2) is 0 Å². The molecule has 0 aromatic heterocycles. The zero-order chi connectivity index (χ0) is 19.8. The van der Waals surface area contributed by atoms with Gasteiger partial charge >= 0.3 is 6.03 Å². The first kappa shape index (κ1) is 20.9. The Hall–Kier alpha value is -2.45. The molecule has 1 aromatic rings. The molecule has 1 aliphatic rings. The van der Waals surface area contributed by atoms with Crippen LogP contribution in [-0.4, -0.2) is 86.4 Å². The number of urea groups is 1. The van der Waals surface area contributed by atoms with Crippen molar-refractivity contribution in [1.29, 1.82) is 0 Å². The Morgan fingerprint density at radius 3 is 2.41 bits per heavy atom. The Morgan fingerprint density at radius 1 is 1.07 bits per heavy atom. The van der Waals surface area contributed by atoms with Gasteiger partial charge in [-0.15, -0.1) is 0 Å². The number of hydrogen-bond acceptors (Lipinski definition) is 5. The summed E-state index contributed by atoms with van der Waals surface area (Å²) in [5.41, 5.74) is 0.844. The van der Waals surface area contributed by atoms with E-state index in [2.05, 4.69) is 20.4 Å². The summed E-state index contributed by atoms with van der Waals surface area (Å²) in [5.74, 6) is -0.279. The predicted octanol–water partition coefficient (Wildman–Crippen LogP) is 0.279. The van der Waals surface area contributed by atoms with Crippen LogP contribution in [0.25, 0.3) is 0 Å². The lowest BCUT2D eigenvalue weighted by Crippen LogP contribution is -2.46. The molecule has 1 aliphatic heterocycles. The fourth-order valence-corrected chi connectivity index (χ4v) is 3.15. The Labute approximate surface area is 160 Å². The average Bonchev–Trinajstić information content (AvgIpc) is 2.88. The Morgan fingerprint density at radius 2 is 1.78 bits per heavy atom. The fourth-order valence-electron chi connectivity index (χ4n) is 3.15. The van der Waals surface area contributed by atoms with Crippen LogP contribution in [0, 0.1) is 0 Å². The summed E-state index contributed by atoms with van der Waals surface area (Å²) in [6.07, 6.45) is 0.845. The Balaban J connectivity index is 2.12. The molecular formula is C19H29N5O3. The molecule has 1 aromatic carbocycles. The normalized spacial score (nSPS) is 16.9. The van der Waals surface area contributed by atoms with Crippen molar-refractivity contribution in [3.8, 4) is 0 Å². The number of amides is 4. The largest absolute Gasteiger partial charge is 0.348 e. The second-order valence-corrected chi connectivity index (χ2v) is 6.84. The number of carbonyl (C=O) groups is 3. The van der Waals surface area contributed by atoms with Crippen LogP contribution >= 0.6 is 0 Å². The molecule has 8 heteroatoms. The minimum absolute atomic E-state index is 0.0698. The van der Waals surface area contributed by atoms with E-state index in [0.29, 0.717) is 26.2 Å². The highest BCUT2D eigenvalue weighted by Crippen LogP contribution is 2.22. The third-order valence-electron chi connectivity index (χ3n) is 4.67. The standard InChI is InChI=1S/C19H29N5O3/c1-20-19(27)21-18(26)17(15-8-5-4-6-9-15)24-11-7-10-23(12-13-24)14-16(25)22(2)3/h4-6,8-9,17H,7,10-14H2,1-3H3,(H2,20,21,26,27). The van der Waals surface area contributed by atoms with Crippen LogP contribution in [0.3, 0.4) is 0 Å². The van der Waals surface area contributed by atoms with E-state index in [4.69, 9.17) is 0 Å². The molecule has 8 nitrogen and oxygen atoms in total. The second-order valence-electron chi connectivity index (χ2n) is 6.84. The van der Waals surface area contributed by atoms with Gasteiger partial charge in [-0.05, 0) is 18.5 Å². The van der Waals surface area contributed by atoms with Crippen molar-refractivity contribution >= 4 is 17.8 Å². The van der Waals surface area contributed by atoms with Gasteiger partial charge in [0.2, 0.25) is 11.8 Å². The van der Waals surface area contributed by atoms with Crippen molar-refractivity contribution in [2.24, 2.45) is 0 Å². The van der Waals surface area contributed by atoms with E-state index < -0.39 is 12.1 Å². The first-order valence-corrected chi connectivity index (χ1v) is 9.16.